The van der Waals surface area contributed by atoms with Gasteiger partial charge in [0.25, 0.3) is 0 Å². The SMILES string of the molecule is O=C1CC2(CCN(C3CCOCC3)CC2)NC(=O)C[C@@H]2O[C@H](CNC(=O)[C@@H](Cc3cn(CCO)nn3)N1)C(O)C2O. The average molecular weight is 580 g/mol. The van der Waals surface area contributed by atoms with E-state index in [0.717, 1.165) is 26.1 Å². The second kappa shape index (κ2) is 13.1. The van der Waals surface area contributed by atoms with E-state index < -0.39 is 41.9 Å². The van der Waals surface area contributed by atoms with Crippen molar-refractivity contribution >= 4 is 17.7 Å². The molecule has 1 aromatic rings. The third-order valence-corrected chi connectivity index (χ3v) is 8.67. The first-order chi connectivity index (χ1) is 19.7. The lowest BCUT2D eigenvalue weighted by molar-refractivity contribution is -0.133. The van der Waals surface area contributed by atoms with Crippen LogP contribution in [0.1, 0.15) is 44.2 Å². The Labute approximate surface area is 237 Å². The summed E-state index contributed by atoms with van der Waals surface area (Å²) in [5, 5.41) is 46.9. The van der Waals surface area contributed by atoms with Crippen LogP contribution in [0.2, 0.25) is 0 Å². The monoisotopic (exact) mass is 579 g/mol. The van der Waals surface area contributed by atoms with Crippen LogP contribution in [0, 0.1) is 0 Å². The predicted octanol–water partition coefficient (Wildman–Crippen LogP) is -3.17. The second-order valence-electron chi connectivity index (χ2n) is 11.5. The van der Waals surface area contributed by atoms with Gasteiger partial charge in [0.2, 0.25) is 17.7 Å². The standard InChI is InChI=1S/C26H41N7O8/c34-8-7-33-15-16(30-31-33)11-18-25(39)27-14-20-24(38)23(37)19(41-20)12-21(35)29-26(13-22(36)28-18)3-5-32(6-4-26)17-1-9-40-10-2-17/h15,17-20,23-24,34,37-38H,1-14H2,(H,27,39)(H,28,36)(H,29,35)/t18-,19+,20-,23?,24?/m1/s1. The molecule has 1 spiro atoms. The van der Waals surface area contributed by atoms with Crippen molar-refractivity contribution in [3.05, 3.63) is 11.9 Å². The Balaban J connectivity index is 1.35. The molecular weight excluding hydrogens is 538 g/mol. The molecule has 4 saturated heterocycles. The smallest absolute Gasteiger partial charge is 0.243 e. The van der Waals surface area contributed by atoms with Crippen LogP contribution < -0.4 is 16.0 Å². The molecule has 15 heteroatoms. The van der Waals surface area contributed by atoms with Gasteiger partial charge in [0.15, 0.2) is 0 Å². The summed E-state index contributed by atoms with van der Waals surface area (Å²) in [6, 6.07) is -0.615. The highest BCUT2D eigenvalue weighted by atomic mass is 16.5. The lowest BCUT2D eigenvalue weighted by Crippen LogP contribution is -2.60. The minimum absolute atomic E-state index is 0.0271. The first-order valence-corrected chi connectivity index (χ1v) is 14.5. The topological polar surface area (TPSA) is 200 Å². The number of fused-ring (bicyclic) bond motifs is 2. The van der Waals surface area contributed by atoms with Crippen molar-refractivity contribution < 1.29 is 39.2 Å². The lowest BCUT2D eigenvalue weighted by atomic mass is 9.82. The molecule has 5 heterocycles. The Morgan fingerprint density at radius 2 is 1.78 bits per heavy atom. The van der Waals surface area contributed by atoms with Crippen LogP contribution in [0.15, 0.2) is 6.20 Å². The van der Waals surface area contributed by atoms with Crippen LogP contribution >= 0.6 is 0 Å². The molecule has 41 heavy (non-hydrogen) atoms. The van der Waals surface area contributed by atoms with Gasteiger partial charge >= 0.3 is 0 Å². The maximum absolute atomic E-state index is 13.5. The van der Waals surface area contributed by atoms with Gasteiger partial charge in [-0.25, -0.2) is 4.68 Å². The van der Waals surface area contributed by atoms with E-state index in [2.05, 4.69) is 31.2 Å². The first kappa shape index (κ1) is 29.8. The van der Waals surface area contributed by atoms with Crippen molar-refractivity contribution in [2.45, 2.75) is 93.5 Å². The molecule has 2 bridgehead atoms. The fourth-order valence-corrected chi connectivity index (χ4v) is 6.35. The lowest BCUT2D eigenvalue weighted by Gasteiger charge is -2.45. The summed E-state index contributed by atoms with van der Waals surface area (Å²) in [6.07, 6.45) is -0.0583. The summed E-state index contributed by atoms with van der Waals surface area (Å²) in [5.41, 5.74) is -0.403. The number of carbonyl (C=O) groups is 3. The maximum Gasteiger partial charge on any atom is 0.243 e. The maximum atomic E-state index is 13.5. The van der Waals surface area contributed by atoms with Crippen molar-refractivity contribution in [2.24, 2.45) is 0 Å². The Kier molecular flexibility index (Phi) is 9.51. The van der Waals surface area contributed by atoms with Gasteiger partial charge in [-0.05, 0) is 25.7 Å². The zero-order chi connectivity index (χ0) is 29.0. The molecule has 15 nitrogen and oxygen atoms in total. The number of hydrogen-bond acceptors (Lipinski definition) is 11. The molecule has 228 valence electrons. The van der Waals surface area contributed by atoms with Crippen molar-refractivity contribution in [1.82, 2.24) is 35.8 Å². The second-order valence-corrected chi connectivity index (χ2v) is 11.5. The largest absolute Gasteiger partial charge is 0.394 e. The van der Waals surface area contributed by atoms with Gasteiger partial charge in [-0.3, -0.25) is 14.4 Å². The highest BCUT2D eigenvalue weighted by Crippen LogP contribution is 2.30. The number of aliphatic hydroxyl groups excluding tert-OH is 3. The number of hydrogen-bond donors (Lipinski definition) is 6. The van der Waals surface area contributed by atoms with Crippen LogP contribution in [-0.2, 0) is 36.8 Å². The quantitative estimate of drug-likeness (QED) is 0.206. The Hall–Kier alpha value is -2.69. The van der Waals surface area contributed by atoms with E-state index >= 15 is 0 Å². The molecular formula is C26H41N7O8. The van der Waals surface area contributed by atoms with Crippen LogP contribution in [0.3, 0.4) is 0 Å². The number of amides is 3. The number of rotatable bonds is 5. The summed E-state index contributed by atoms with van der Waals surface area (Å²) in [7, 11) is 0. The minimum atomic E-state index is -1.30. The Bertz CT molecular complexity index is 1070. The number of aliphatic hydroxyl groups is 3. The molecule has 4 fully saturated rings. The van der Waals surface area contributed by atoms with Gasteiger partial charge in [-0.2, -0.15) is 0 Å². The van der Waals surface area contributed by atoms with E-state index in [-0.39, 0.29) is 50.8 Å². The number of aromatic nitrogens is 3. The van der Waals surface area contributed by atoms with E-state index in [1.165, 1.54) is 4.68 Å². The molecule has 4 aliphatic heterocycles. The van der Waals surface area contributed by atoms with Crippen molar-refractivity contribution in [1.29, 1.82) is 0 Å². The fraction of sp³-hybridized carbons (Fsp3) is 0.808. The van der Waals surface area contributed by atoms with E-state index in [0.29, 0.717) is 37.7 Å². The van der Waals surface area contributed by atoms with Crippen molar-refractivity contribution in [3.63, 3.8) is 0 Å². The fourth-order valence-electron chi connectivity index (χ4n) is 6.35. The van der Waals surface area contributed by atoms with E-state index in [9.17, 15) is 24.6 Å². The average Bonchev–Trinajstić information content (AvgIpc) is 3.50. The van der Waals surface area contributed by atoms with Gasteiger partial charge in [0.05, 0.1) is 36.9 Å². The van der Waals surface area contributed by atoms with Crippen LogP contribution in [0.5, 0.6) is 0 Å². The number of ether oxygens (including phenoxy) is 2. The zero-order valence-corrected chi connectivity index (χ0v) is 23.1. The third kappa shape index (κ3) is 7.21. The van der Waals surface area contributed by atoms with Gasteiger partial charge in [0, 0.05) is 57.9 Å². The first-order valence-electron chi connectivity index (χ1n) is 14.5. The number of carbonyl (C=O) groups excluding carboxylic acids is 3. The number of piperidine rings is 1. The molecule has 5 atom stereocenters. The predicted molar refractivity (Wildman–Crippen MR) is 141 cm³/mol. The van der Waals surface area contributed by atoms with E-state index in [4.69, 9.17) is 14.6 Å². The van der Waals surface area contributed by atoms with Crippen LogP contribution in [0.25, 0.3) is 0 Å². The molecule has 2 unspecified atom stereocenters. The van der Waals surface area contributed by atoms with Gasteiger partial charge in [-0.1, -0.05) is 5.21 Å². The zero-order valence-electron chi connectivity index (χ0n) is 23.1. The Morgan fingerprint density at radius 1 is 1.05 bits per heavy atom. The minimum Gasteiger partial charge on any atom is -0.394 e. The molecule has 0 saturated carbocycles. The summed E-state index contributed by atoms with van der Waals surface area (Å²) in [5.74, 6) is -1.26. The normalized spacial score (nSPS) is 32.3. The van der Waals surface area contributed by atoms with E-state index in [1.54, 1.807) is 6.20 Å². The van der Waals surface area contributed by atoms with Crippen molar-refractivity contribution in [3.8, 4) is 0 Å². The molecule has 5 rings (SSSR count). The summed E-state index contributed by atoms with van der Waals surface area (Å²) >= 11 is 0. The third-order valence-electron chi connectivity index (χ3n) is 8.67. The number of nitrogens with zero attached hydrogens (tertiary/aromatic N) is 4. The summed E-state index contributed by atoms with van der Waals surface area (Å²) in [4.78, 5) is 42.3. The molecule has 0 aromatic carbocycles. The van der Waals surface area contributed by atoms with Gasteiger partial charge in [0.1, 0.15) is 24.4 Å². The number of nitrogens with one attached hydrogen (secondary N) is 3. The highest BCUT2D eigenvalue weighted by molar-refractivity contribution is 5.88. The molecule has 3 amide bonds. The summed E-state index contributed by atoms with van der Waals surface area (Å²) < 4.78 is 12.7. The van der Waals surface area contributed by atoms with E-state index in [1.807, 2.05) is 0 Å². The van der Waals surface area contributed by atoms with Gasteiger partial charge < -0.3 is 45.6 Å². The summed E-state index contributed by atoms with van der Waals surface area (Å²) in [6.45, 7) is 2.82. The molecule has 0 radical (unpaired) electrons. The highest BCUT2D eigenvalue weighted by Gasteiger charge is 2.46. The molecule has 0 aliphatic carbocycles. The van der Waals surface area contributed by atoms with Crippen LogP contribution in [-0.4, -0.2) is 134 Å². The molecule has 1 aromatic heterocycles. The molecule has 4 aliphatic rings. The molecule has 6 N–H and O–H groups in total. The Morgan fingerprint density at radius 3 is 2.51 bits per heavy atom. The van der Waals surface area contributed by atoms with Crippen LogP contribution in [0.4, 0.5) is 0 Å². The van der Waals surface area contributed by atoms with Gasteiger partial charge in [-0.15, -0.1) is 5.10 Å². The number of likely N-dealkylation sites (tertiary alicyclic amines) is 1. The van der Waals surface area contributed by atoms with Crippen molar-refractivity contribution in [2.75, 3.05) is 39.5 Å².